The van der Waals surface area contributed by atoms with Gasteiger partial charge in [0.05, 0.1) is 11.9 Å². The van der Waals surface area contributed by atoms with E-state index in [9.17, 15) is 9.18 Å². The molecule has 26 heavy (non-hydrogen) atoms. The number of hydrogen-bond acceptors (Lipinski definition) is 4. The molecule has 1 amide bonds. The standard InChI is InChI=1S/C19H20FN5O/c20-15-6-2-1-5-14(15)16-13-18(25-17(23-16)7-10-22-25)21-9-8-19(26)24-11-3-4-12-24/h1-2,5-7,10,13,21H,3-4,8-9,11-12H2. The number of likely N-dealkylation sites (tertiary alicyclic amines) is 1. The Labute approximate surface area is 150 Å². The number of benzene rings is 1. The van der Waals surface area contributed by atoms with Crippen molar-refractivity contribution in [1.82, 2.24) is 19.5 Å². The minimum atomic E-state index is -0.320. The zero-order valence-corrected chi connectivity index (χ0v) is 14.4. The van der Waals surface area contributed by atoms with Crippen molar-refractivity contribution in [3.63, 3.8) is 0 Å². The summed E-state index contributed by atoms with van der Waals surface area (Å²) in [6.45, 7) is 2.20. The summed E-state index contributed by atoms with van der Waals surface area (Å²) in [5, 5.41) is 7.50. The summed E-state index contributed by atoms with van der Waals surface area (Å²) in [5.74, 6) is 0.529. The molecule has 134 valence electrons. The molecule has 0 bridgehead atoms. The van der Waals surface area contributed by atoms with Crippen LogP contribution in [0, 0.1) is 5.82 Å². The summed E-state index contributed by atoms with van der Waals surface area (Å²) in [7, 11) is 0. The molecule has 0 saturated carbocycles. The third-order valence-electron chi connectivity index (χ3n) is 4.61. The maximum absolute atomic E-state index is 14.1. The lowest BCUT2D eigenvalue weighted by molar-refractivity contribution is -0.129. The molecule has 3 heterocycles. The third kappa shape index (κ3) is 3.24. The van der Waals surface area contributed by atoms with E-state index in [2.05, 4.69) is 15.4 Å². The van der Waals surface area contributed by atoms with Crippen LogP contribution in [0.3, 0.4) is 0 Å². The van der Waals surface area contributed by atoms with E-state index >= 15 is 0 Å². The predicted octanol–water partition coefficient (Wildman–Crippen LogP) is 2.96. The number of aromatic nitrogens is 3. The van der Waals surface area contributed by atoms with Crippen molar-refractivity contribution in [2.75, 3.05) is 25.0 Å². The van der Waals surface area contributed by atoms with Gasteiger partial charge in [-0.05, 0) is 25.0 Å². The minimum Gasteiger partial charge on any atom is -0.369 e. The number of carbonyl (C=O) groups excluding carboxylic acids is 1. The van der Waals surface area contributed by atoms with E-state index in [0.717, 1.165) is 25.9 Å². The van der Waals surface area contributed by atoms with Gasteiger partial charge in [-0.15, -0.1) is 0 Å². The Kier molecular flexibility index (Phi) is 4.51. The van der Waals surface area contributed by atoms with Crippen LogP contribution in [-0.2, 0) is 4.79 Å². The van der Waals surface area contributed by atoms with Crippen LogP contribution in [0.15, 0.2) is 42.6 Å². The van der Waals surface area contributed by atoms with Crippen LogP contribution >= 0.6 is 0 Å². The molecule has 1 fully saturated rings. The van der Waals surface area contributed by atoms with Crippen molar-refractivity contribution >= 4 is 17.4 Å². The van der Waals surface area contributed by atoms with Gasteiger partial charge in [0.2, 0.25) is 5.91 Å². The minimum absolute atomic E-state index is 0.162. The van der Waals surface area contributed by atoms with Crippen LogP contribution in [0.25, 0.3) is 16.9 Å². The van der Waals surface area contributed by atoms with Gasteiger partial charge in [0.15, 0.2) is 5.65 Å². The number of amides is 1. The monoisotopic (exact) mass is 353 g/mol. The normalized spacial score (nSPS) is 14.1. The smallest absolute Gasteiger partial charge is 0.224 e. The fraction of sp³-hybridized carbons (Fsp3) is 0.316. The Bertz CT molecular complexity index is 933. The van der Waals surface area contributed by atoms with E-state index in [1.165, 1.54) is 6.07 Å². The predicted molar refractivity (Wildman–Crippen MR) is 97.3 cm³/mol. The van der Waals surface area contributed by atoms with Crippen LogP contribution < -0.4 is 5.32 Å². The Morgan fingerprint density at radius 1 is 1.19 bits per heavy atom. The Hall–Kier alpha value is -2.96. The molecule has 0 atom stereocenters. The van der Waals surface area contributed by atoms with E-state index in [-0.39, 0.29) is 11.7 Å². The number of nitrogens with zero attached hydrogens (tertiary/aromatic N) is 4. The molecule has 6 nitrogen and oxygen atoms in total. The van der Waals surface area contributed by atoms with Gasteiger partial charge in [-0.1, -0.05) is 12.1 Å². The first-order valence-corrected chi connectivity index (χ1v) is 8.84. The fourth-order valence-electron chi connectivity index (χ4n) is 3.27. The average Bonchev–Trinajstić information content (AvgIpc) is 3.33. The topological polar surface area (TPSA) is 62.5 Å². The highest BCUT2D eigenvalue weighted by Gasteiger charge is 2.17. The molecule has 4 rings (SSSR count). The van der Waals surface area contributed by atoms with E-state index in [1.807, 2.05) is 4.90 Å². The molecule has 0 radical (unpaired) electrons. The van der Waals surface area contributed by atoms with Gasteiger partial charge in [-0.25, -0.2) is 9.37 Å². The summed E-state index contributed by atoms with van der Waals surface area (Å²) in [6.07, 6.45) is 4.24. The number of carbonyl (C=O) groups is 1. The van der Waals surface area contributed by atoms with Crippen LogP contribution in [0.4, 0.5) is 10.2 Å². The van der Waals surface area contributed by atoms with Crippen molar-refractivity contribution in [3.8, 4) is 11.3 Å². The lowest BCUT2D eigenvalue weighted by Gasteiger charge is -2.16. The summed E-state index contributed by atoms with van der Waals surface area (Å²) in [6, 6.07) is 10.1. The Morgan fingerprint density at radius 2 is 2.00 bits per heavy atom. The largest absolute Gasteiger partial charge is 0.369 e. The van der Waals surface area contributed by atoms with Gasteiger partial charge < -0.3 is 10.2 Å². The molecule has 3 aromatic rings. The first kappa shape index (κ1) is 16.5. The highest BCUT2D eigenvalue weighted by molar-refractivity contribution is 5.77. The molecule has 1 saturated heterocycles. The number of fused-ring (bicyclic) bond motifs is 1. The van der Waals surface area contributed by atoms with Gasteiger partial charge in [0.25, 0.3) is 0 Å². The number of hydrogen-bond donors (Lipinski definition) is 1. The quantitative estimate of drug-likeness (QED) is 0.766. The SMILES string of the molecule is O=C(CCNc1cc(-c2ccccc2F)nc2ccnn12)N1CCCC1. The van der Waals surface area contributed by atoms with Gasteiger partial charge in [0, 0.05) is 43.8 Å². The molecule has 0 aliphatic carbocycles. The van der Waals surface area contributed by atoms with Gasteiger partial charge in [0.1, 0.15) is 11.6 Å². The fourth-order valence-corrected chi connectivity index (χ4v) is 3.27. The molecule has 1 aromatic carbocycles. The van der Waals surface area contributed by atoms with Crippen molar-refractivity contribution in [2.45, 2.75) is 19.3 Å². The van der Waals surface area contributed by atoms with Crippen molar-refractivity contribution in [3.05, 3.63) is 48.4 Å². The number of rotatable bonds is 5. The van der Waals surface area contributed by atoms with Crippen LogP contribution in [0.2, 0.25) is 0 Å². The summed E-state index contributed by atoms with van der Waals surface area (Å²) in [5.41, 5.74) is 1.59. The first-order valence-electron chi connectivity index (χ1n) is 8.84. The molecule has 7 heteroatoms. The number of nitrogens with one attached hydrogen (secondary N) is 1. The zero-order chi connectivity index (χ0) is 17.9. The molecule has 1 N–H and O–H groups in total. The van der Waals surface area contributed by atoms with Crippen molar-refractivity contribution in [2.24, 2.45) is 0 Å². The molecular formula is C19H20FN5O. The Morgan fingerprint density at radius 3 is 2.81 bits per heavy atom. The molecule has 1 aliphatic heterocycles. The van der Waals surface area contributed by atoms with Crippen LogP contribution in [0.1, 0.15) is 19.3 Å². The molecule has 1 aliphatic rings. The van der Waals surface area contributed by atoms with E-state index in [0.29, 0.717) is 35.7 Å². The van der Waals surface area contributed by atoms with E-state index in [4.69, 9.17) is 0 Å². The highest BCUT2D eigenvalue weighted by Crippen LogP contribution is 2.24. The first-order chi connectivity index (χ1) is 12.7. The van der Waals surface area contributed by atoms with E-state index < -0.39 is 0 Å². The van der Waals surface area contributed by atoms with Crippen LogP contribution in [0.5, 0.6) is 0 Å². The second kappa shape index (κ2) is 7.11. The number of anilines is 1. The summed E-state index contributed by atoms with van der Waals surface area (Å²) >= 11 is 0. The van der Waals surface area contributed by atoms with Crippen LogP contribution in [-0.4, -0.2) is 45.0 Å². The lowest BCUT2D eigenvalue weighted by Crippen LogP contribution is -2.29. The van der Waals surface area contributed by atoms with Gasteiger partial charge in [-0.2, -0.15) is 9.61 Å². The summed E-state index contributed by atoms with van der Waals surface area (Å²) in [4.78, 5) is 18.6. The second-order valence-corrected chi connectivity index (χ2v) is 6.37. The molecule has 2 aromatic heterocycles. The summed E-state index contributed by atoms with van der Waals surface area (Å²) < 4.78 is 15.8. The number of halogens is 1. The molecule has 0 spiro atoms. The third-order valence-corrected chi connectivity index (χ3v) is 4.61. The zero-order valence-electron chi connectivity index (χ0n) is 14.4. The lowest BCUT2D eigenvalue weighted by atomic mass is 10.1. The Balaban J connectivity index is 1.55. The van der Waals surface area contributed by atoms with Crippen molar-refractivity contribution in [1.29, 1.82) is 0 Å². The second-order valence-electron chi connectivity index (χ2n) is 6.37. The van der Waals surface area contributed by atoms with E-state index in [1.54, 1.807) is 41.0 Å². The maximum Gasteiger partial charge on any atom is 0.224 e. The van der Waals surface area contributed by atoms with Gasteiger partial charge in [-0.3, -0.25) is 4.79 Å². The average molecular weight is 353 g/mol. The highest BCUT2D eigenvalue weighted by atomic mass is 19.1. The molecule has 0 unspecified atom stereocenters. The maximum atomic E-state index is 14.1. The van der Waals surface area contributed by atoms with Crippen molar-refractivity contribution < 1.29 is 9.18 Å². The molecular weight excluding hydrogens is 333 g/mol. The van der Waals surface area contributed by atoms with Gasteiger partial charge >= 0.3 is 0 Å².